The van der Waals surface area contributed by atoms with E-state index in [1.165, 1.54) is 0 Å². The maximum atomic E-state index is 11.7. The smallest absolute Gasteiger partial charge is 0.239 e. The van der Waals surface area contributed by atoms with E-state index in [1.807, 2.05) is 32.0 Å². The Bertz CT molecular complexity index is 535. The highest BCUT2D eigenvalue weighted by molar-refractivity contribution is 7.92. The fourth-order valence-electron chi connectivity index (χ4n) is 1.64. The number of nitrogens with one attached hydrogen (secondary N) is 1. The summed E-state index contributed by atoms with van der Waals surface area (Å²) in [4.78, 5) is 11.7. The molecule has 1 rings (SSSR count). The molecule has 0 aliphatic carbocycles. The summed E-state index contributed by atoms with van der Waals surface area (Å²) >= 11 is 0. The molecular weight excluding hydrogens is 250 g/mol. The van der Waals surface area contributed by atoms with Gasteiger partial charge in [-0.05, 0) is 37.5 Å². The van der Waals surface area contributed by atoms with Crippen molar-refractivity contribution in [2.75, 3.05) is 16.8 Å². The van der Waals surface area contributed by atoms with E-state index in [2.05, 4.69) is 5.32 Å². The minimum atomic E-state index is -3.29. The summed E-state index contributed by atoms with van der Waals surface area (Å²) < 4.78 is 23.0. The molecule has 1 aromatic rings. The number of sulfone groups is 1. The molecule has 5 heteroatoms. The van der Waals surface area contributed by atoms with Crippen molar-refractivity contribution in [3.05, 3.63) is 29.3 Å². The molecule has 0 aliphatic heterocycles. The summed E-state index contributed by atoms with van der Waals surface area (Å²) in [6, 6.07) is 5.67. The van der Waals surface area contributed by atoms with Gasteiger partial charge in [0.15, 0.2) is 9.84 Å². The third kappa shape index (κ3) is 4.49. The zero-order chi connectivity index (χ0) is 13.8. The molecule has 0 saturated heterocycles. The molecule has 0 saturated carbocycles. The highest BCUT2D eigenvalue weighted by atomic mass is 32.2. The van der Waals surface area contributed by atoms with Gasteiger partial charge in [0.2, 0.25) is 5.91 Å². The van der Waals surface area contributed by atoms with Crippen LogP contribution in [0.25, 0.3) is 0 Å². The summed E-state index contributed by atoms with van der Waals surface area (Å²) in [5.74, 6) is -0.876. The van der Waals surface area contributed by atoms with Gasteiger partial charge >= 0.3 is 0 Å². The first-order valence-electron chi connectivity index (χ1n) is 5.91. The molecule has 1 N–H and O–H groups in total. The Balaban J connectivity index is 2.74. The van der Waals surface area contributed by atoms with Gasteiger partial charge in [0.25, 0.3) is 0 Å². The lowest BCUT2D eigenvalue weighted by molar-refractivity contribution is -0.113. The number of benzene rings is 1. The lowest BCUT2D eigenvalue weighted by Crippen LogP contribution is -2.24. The van der Waals surface area contributed by atoms with Gasteiger partial charge in [-0.1, -0.05) is 19.1 Å². The number of carbonyl (C=O) groups excluding carboxylic acids is 1. The molecule has 4 nitrogen and oxygen atoms in total. The second-order valence-corrected chi connectivity index (χ2v) is 6.64. The Hall–Kier alpha value is -1.36. The molecule has 0 spiro atoms. The van der Waals surface area contributed by atoms with Crippen molar-refractivity contribution in [1.29, 1.82) is 0 Å². The van der Waals surface area contributed by atoms with Crippen LogP contribution in [0.2, 0.25) is 0 Å². The zero-order valence-electron chi connectivity index (χ0n) is 11.0. The van der Waals surface area contributed by atoms with Gasteiger partial charge in [-0.15, -0.1) is 0 Å². The van der Waals surface area contributed by atoms with Gasteiger partial charge in [-0.2, -0.15) is 0 Å². The van der Waals surface area contributed by atoms with Crippen molar-refractivity contribution in [3.8, 4) is 0 Å². The average molecular weight is 269 g/mol. The molecule has 18 heavy (non-hydrogen) atoms. The number of aryl methyl sites for hydroxylation is 2. The van der Waals surface area contributed by atoms with Crippen molar-refractivity contribution >= 4 is 21.4 Å². The molecule has 0 aromatic heterocycles. The number of hydrogen-bond donors (Lipinski definition) is 1. The molecule has 100 valence electrons. The second kappa shape index (κ2) is 6.00. The van der Waals surface area contributed by atoms with Crippen LogP contribution in [-0.2, 0) is 14.6 Å². The van der Waals surface area contributed by atoms with Gasteiger partial charge in [0.1, 0.15) is 5.75 Å². The third-order valence-electron chi connectivity index (χ3n) is 2.53. The van der Waals surface area contributed by atoms with E-state index in [9.17, 15) is 13.2 Å². The molecule has 1 amide bonds. The van der Waals surface area contributed by atoms with Gasteiger partial charge in [0, 0.05) is 5.69 Å². The van der Waals surface area contributed by atoms with Crippen LogP contribution in [0, 0.1) is 13.8 Å². The highest BCUT2D eigenvalue weighted by Crippen LogP contribution is 2.16. The van der Waals surface area contributed by atoms with E-state index in [1.54, 1.807) is 6.92 Å². The maximum absolute atomic E-state index is 11.7. The van der Waals surface area contributed by atoms with Crippen LogP contribution in [0.3, 0.4) is 0 Å². The van der Waals surface area contributed by atoms with Gasteiger partial charge in [-0.3, -0.25) is 4.79 Å². The van der Waals surface area contributed by atoms with Crippen LogP contribution >= 0.6 is 0 Å². The summed E-state index contributed by atoms with van der Waals surface area (Å²) in [5, 5.41) is 2.65. The van der Waals surface area contributed by atoms with E-state index >= 15 is 0 Å². The summed E-state index contributed by atoms with van der Waals surface area (Å²) in [7, 11) is -3.29. The van der Waals surface area contributed by atoms with Crippen molar-refractivity contribution in [3.63, 3.8) is 0 Å². The molecule has 0 fully saturated rings. The first-order chi connectivity index (χ1) is 8.34. The van der Waals surface area contributed by atoms with E-state index in [4.69, 9.17) is 0 Å². The second-order valence-electron chi connectivity index (χ2n) is 4.46. The molecule has 0 unspecified atom stereocenters. The largest absolute Gasteiger partial charge is 0.325 e. The number of amides is 1. The maximum Gasteiger partial charge on any atom is 0.239 e. The molecular formula is C13H19NO3S. The van der Waals surface area contributed by atoms with Crippen molar-refractivity contribution in [1.82, 2.24) is 0 Å². The van der Waals surface area contributed by atoms with Crippen molar-refractivity contribution < 1.29 is 13.2 Å². The molecule has 1 aromatic carbocycles. The number of anilines is 1. The lowest BCUT2D eigenvalue weighted by Gasteiger charge is -2.09. The fraction of sp³-hybridized carbons (Fsp3) is 0.462. The van der Waals surface area contributed by atoms with Gasteiger partial charge < -0.3 is 5.32 Å². The van der Waals surface area contributed by atoms with E-state index < -0.39 is 21.5 Å². The van der Waals surface area contributed by atoms with E-state index in [0.29, 0.717) is 12.1 Å². The number of hydrogen-bond acceptors (Lipinski definition) is 3. The number of carbonyl (C=O) groups is 1. The van der Waals surface area contributed by atoms with Crippen LogP contribution in [0.1, 0.15) is 24.5 Å². The van der Waals surface area contributed by atoms with Gasteiger partial charge in [-0.25, -0.2) is 8.42 Å². The lowest BCUT2D eigenvalue weighted by atomic mass is 10.1. The fourth-order valence-corrected chi connectivity index (χ4v) is 2.88. The first-order valence-corrected chi connectivity index (χ1v) is 7.73. The zero-order valence-corrected chi connectivity index (χ0v) is 11.8. The summed E-state index contributed by atoms with van der Waals surface area (Å²) in [5.41, 5.74) is 2.61. The van der Waals surface area contributed by atoms with E-state index in [0.717, 1.165) is 11.1 Å². The van der Waals surface area contributed by atoms with E-state index in [-0.39, 0.29) is 5.75 Å². The Kier molecular flexibility index (Phi) is 4.90. The molecule has 0 heterocycles. The minimum absolute atomic E-state index is 0.0488. The first kappa shape index (κ1) is 14.7. The molecule has 0 radical (unpaired) electrons. The molecule has 0 bridgehead atoms. The predicted molar refractivity (Wildman–Crippen MR) is 73.5 cm³/mol. The van der Waals surface area contributed by atoms with Crippen LogP contribution < -0.4 is 5.32 Å². The van der Waals surface area contributed by atoms with Crippen LogP contribution in [-0.4, -0.2) is 25.8 Å². The van der Waals surface area contributed by atoms with Crippen LogP contribution in [0.15, 0.2) is 18.2 Å². The Morgan fingerprint density at radius 1 is 1.28 bits per heavy atom. The molecule has 0 atom stereocenters. The highest BCUT2D eigenvalue weighted by Gasteiger charge is 2.16. The summed E-state index contributed by atoms with van der Waals surface area (Å²) in [6.07, 6.45) is 0.527. The van der Waals surface area contributed by atoms with Gasteiger partial charge in [0.05, 0.1) is 5.75 Å². The van der Waals surface area contributed by atoms with Crippen molar-refractivity contribution in [2.45, 2.75) is 27.2 Å². The topological polar surface area (TPSA) is 63.2 Å². The average Bonchev–Trinajstić information content (AvgIpc) is 2.22. The normalized spacial score (nSPS) is 11.3. The Morgan fingerprint density at radius 2 is 1.94 bits per heavy atom. The third-order valence-corrected chi connectivity index (χ3v) is 4.27. The van der Waals surface area contributed by atoms with Crippen LogP contribution in [0.4, 0.5) is 5.69 Å². The standard InChI is InChI=1S/C13H19NO3S/c1-4-7-18(16,17)9-13(15)14-12-8-10(2)5-6-11(12)3/h5-6,8H,4,7,9H2,1-3H3,(H,14,15). The number of rotatable bonds is 5. The molecule has 0 aliphatic rings. The Labute approximate surface area is 108 Å². The van der Waals surface area contributed by atoms with Crippen LogP contribution in [0.5, 0.6) is 0 Å². The SMILES string of the molecule is CCCS(=O)(=O)CC(=O)Nc1cc(C)ccc1C. The predicted octanol–water partition coefficient (Wildman–Crippen LogP) is 2.07. The van der Waals surface area contributed by atoms with Crippen molar-refractivity contribution in [2.24, 2.45) is 0 Å². The summed E-state index contributed by atoms with van der Waals surface area (Å²) in [6.45, 7) is 5.57. The Morgan fingerprint density at radius 3 is 2.56 bits per heavy atom. The quantitative estimate of drug-likeness (QED) is 0.890. The monoisotopic (exact) mass is 269 g/mol. The minimum Gasteiger partial charge on any atom is -0.325 e.